The topological polar surface area (TPSA) is 37.8 Å². The van der Waals surface area contributed by atoms with E-state index in [-0.39, 0.29) is 5.69 Å². The zero-order chi connectivity index (χ0) is 9.97. The first-order chi connectivity index (χ1) is 6.75. The molecule has 1 aromatic heterocycles. The van der Waals surface area contributed by atoms with Crippen molar-refractivity contribution in [1.29, 1.82) is 0 Å². The van der Waals surface area contributed by atoms with Gasteiger partial charge < -0.3 is 4.98 Å². The van der Waals surface area contributed by atoms with Gasteiger partial charge in [0.25, 0.3) is 0 Å². The smallest absolute Gasteiger partial charge is 0.313 e. The Kier molecular flexibility index (Phi) is 2.75. The number of rotatable bonds is 2. The molecule has 1 aromatic rings. The minimum Gasteiger partial charge on any atom is -0.313 e. The van der Waals surface area contributed by atoms with E-state index in [1.165, 1.54) is 25.7 Å². The summed E-state index contributed by atoms with van der Waals surface area (Å²) >= 11 is 0. The summed E-state index contributed by atoms with van der Waals surface area (Å²) in [7, 11) is 0. The highest BCUT2D eigenvalue weighted by Crippen LogP contribution is 2.28. The maximum Gasteiger partial charge on any atom is 0.325 e. The zero-order valence-electron chi connectivity index (χ0n) is 8.70. The minimum absolute atomic E-state index is 0.0311. The van der Waals surface area contributed by atoms with Gasteiger partial charge in [0.05, 0.1) is 0 Å². The molecule has 1 N–H and O–H groups in total. The van der Waals surface area contributed by atoms with Crippen LogP contribution in [-0.2, 0) is 6.54 Å². The first-order valence-corrected chi connectivity index (χ1v) is 5.49. The predicted octanol–water partition coefficient (Wildman–Crippen LogP) is 2.00. The number of nitrogens with one attached hydrogen (secondary N) is 1. The highest BCUT2D eigenvalue weighted by Gasteiger charge is 2.18. The molecule has 14 heavy (non-hydrogen) atoms. The van der Waals surface area contributed by atoms with Gasteiger partial charge in [0.1, 0.15) is 0 Å². The number of H-pyrrole nitrogens is 1. The van der Waals surface area contributed by atoms with Crippen LogP contribution in [0.4, 0.5) is 0 Å². The lowest BCUT2D eigenvalue weighted by Gasteiger charge is -2.25. The minimum atomic E-state index is 0.0311. The van der Waals surface area contributed by atoms with E-state index in [1.54, 1.807) is 10.8 Å². The highest BCUT2D eigenvalue weighted by molar-refractivity contribution is 4.79. The molecule has 1 fully saturated rings. The Morgan fingerprint density at radius 1 is 1.43 bits per heavy atom. The monoisotopic (exact) mass is 194 g/mol. The van der Waals surface area contributed by atoms with Gasteiger partial charge in [-0.3, -0.25) is 4.57 Å². The summed E-state index contributed by atoms with van der Waals surface area (Å²) in [5.74, 6) is 1.59. The molecule has 3 nitrogen and oxygen atoms in total. The molecule has 1 aliphatic rings. The Labute approximate surface area is 84.1 Å². The summed E-state index contributed by atoms with van der Waals surface area (Å²) in [4.78, 5) is 13.9. The van der Waals surface area contributed by atoms with Crippen molar-refractivity contribution in [3.63, 3.8) is 0 Å². The van der Waals surface area contributed by atoms with Crippen molar-refractivity contribution >= 4 is 0 Å². The van der Waals surface area contributed by atoms with E-state index in [1.807, 2.05) is 6.20 Å². The second kappa shape index (κ2) is 4.03. The molecule has 0 saturated heterocycles. The van der Waals surface area contributed by atoms with E-state index in [0.717, 1.165) is 12.5 Å². The number of hydrogen-bond acceptors (Lipinski definition) is 1. The molecule has 0 spiro atoms. The lowest BCUT2D eigenvalue weighted by atomic mass is 9.83. The van der Waals surface area contributed by atoms with Gasteiger partial charge in [-0.1, -0.05) is 19.8 Å². The van der Waals surface area contributed by atoms with Crippen LogP contribution in [0.15, 0.2) is 17.2 Å². The molecule has 1 aliphatic carbocycles. The van der Waals surface area contributed by atoms with E-state index >= 15 is 0 Å². The fourth-order valence-electron chi connectivity index (χ4n) is 2.28. The molecule has 1 saturated carbocycles. The Morgan fingerprint density at radius 3 is 2.71 bits per heavy atom. The molecular formula is C11H18N2O. The standard InChI is InChI=1S/C11H18N2O/c1-9-2-4-10(5-3-9)8-13-7-6-12-11(13)14/h6-7,9-10H,2-5,8H2,1H3,(H,12,14). The lowest BCUT2D eigenvalue weighted by Crippen LogP contribution is -2.23. The Bertz CT molecular complexity index is 331. The molecule has 0 bridgehead atoms. The van der Waals surface area contributed by atoms with Crippen LogP contribution in [0.5, 0.6) is 0 Å². The summed E-state index contributed by atoms with van der Waals surface area (Å²) in [6.45, 7) is 3.22. The van der Waals surface area contributed by atoms with Crippen molar-refractivity contribution in [2.75, 3.05) is 0 Å². The molecule has 3 heteroatoms. The van der Waals surface area contributed by atoms with Crippen molar-refractivity contribution in [3.05, 3.63) is 22.9 Å². The van der Waals surface area contributed by atoms with Crippen molar-refractivity contribution in [2.45, 2.75) is 39.2 Å². The van der Waals surface area contributed by atoms with Crippen molar-refractivity contribution < 1.29 is 0 Å². The Hall–Kier alpha value is -0.990. The van der Waals surface area contributed by atoms with Gasteiger partial charge in [0, 0.05) is 18.9 Å². The van der Waals surface area contributed by atoms with Gasteiger partial charge in [-0.15, -0.1) is 0 Å². The zero-order valence-corrected chi connectivity index (χ0v) is 8.70. The van der Waals surface area contributed by atoms with E-state index in [2.05, 4.69) is 11.9 Å². The van der Waals surface area contributed by atoms with Gasteiger partial charge >= 0.3 is 5.69 Å². The fraction of sp³-hybridized carbons (Fsp3) is 0.727. The van der Waals surface area contributed by atoms with Gasteiger partial charge in [-0.05, 0) is 24.7 Å². The number of aromatic nitrogens is 2. The average Bonchev–Trinajstić information content (AvgIpc) is 2.56. The van der Waals surface area contributed by atoms with Crippen LogP contribution in [0.3, 0.4) is 0 Å². The van der Waals surface area contributed by atoms with Crippen LogP contribution in [0.1, 0.15) is 32.6 Å². The molecule has 0 unspecified atom stereocenters. The number of aromatic amines is 1. The lowest BCUT2D eigenvalue weighted by molar-refractivity contribution is 0.263. The van der Waals surface area contributed by atoms with E-state index < -0.39 is 0 Å². The largest absolute Gasteiger partial charge is 0.325 e. The van der Waals surface area contributed by atoms with Gasteiger partial charge in [-0.2, -0.15) is 0 Å². The third-order valence-electron chi connectivity index (χ3n) is 3.31. The molecule has 2 rings (SSSR count). The molecule has 78 valence electrons. The van der Waals surface area contributed by atoms with E-state index in [4.69, 9.17) is 0 Å². The molecule has 0 amide bonds. The maximum absolute atomic E-state index is 11.3. The number of hydrogen-bond donors (Lipinski definition) is 1. The predicted molar refractivity (Wildman–Crippen MR) is 56.2 cm³/mol. The normalized spacial score (nSPS) is 27.8. The fourth-order valence-corrected chi connectivity index (χ4v) is 2.28. The van der Waals surface area contributed by atoms with Crippen LogP contribution in [0.25, 0.3) is 0 Å². The highest BCUT2D eigenvalue weighted by atomic mass is 16.1. The van der Waals surface area contributed by atoms with Crippen LogP contribution in [-0.4, -0.2) is 9.55 Å². The molecule has 0 radical (unpaired) electrons. The van der Waals surface area contributed by atoms with E-state index in [9.17, 15) is 4.79 Å². The average molecular weight is 194 g/mol. The molecule has 0 aliphatic heterocycles. The Balaban J connectivity index is 1.93. The van der Waals surface area contributed by atoms with Gasteiger partial charge in [-0.25, -0.2) is 4.79 Å². The maximum atomic E-state index is 11.3. The summed E-state index contributed by atoms with van der Waals surface area (Å²) in [5.41, 5.74) is 0.0311. The SMILES string of the molecule is CC1CCC(Cn2cc[nH]c2=O)CC1. The summed E-state index contributed by atoms with van der Waals surface area (Å²) in [5, 5.41) is 0. The summed E-state index contributed by atoms with van der Waals surface area (Å²) in [6, 6.07) is 0. The molecule has 1 heterocycles. The summed E-state index contributed by atoms with van der Waals surface area (Å²) in [6.07, 6.45) is 8.76. The number of nitrogens with zero attached hydrogens (tertiary/aromatic N) is 1. The van der Waals surface area contributed by atoms with Gasteiger partial charge in [0.15, 0.2) is 0 Å². The molecule has 0 atom stereocenters. The van der Waals surface area contributed by atoms with E-state index in [0.29, 0.717) is 5.92 Å². The third kappa shape index (κ3) is 2.08. The second-order valence-electron chi connectivity index (χ2n) is 4.54. The van der Waals surface area contributed by atoms with Crippen molar-refractivity contribution in [2.24, 2.45) is 11.8 Å². The molecular weight excluding hydrogens is 176 g/mol. The van der Waals surface area contributed by atoms with Crippen LogP contribution in [0.2, 0.25) is 0 Å². The molecule has 0 aromatic carbocycles. The third-order valence-corrected chi connectivity index (χ3v) is 3.31. The van der Waals surface area contributed by atoms with Crippen LogP contribution >= 0.6 is 0 Å². The number of imidazole rings is 1. The van der Waals surface area contributed by atoms with Crippen molar-refractivity contribution in [3.8, 4) is 0 Å². The second-order valence-corrected chi connectivity index (χ2v) is 4.54. The first kappa shape index (κ1) is 9.56. The van der Waals surface area contributed by atoms with Gasteiger partial charge in [0.2, 0.25) is 0 Å². The quantitative estimate of drug-likeness (QED) is 0.768. The van der Waals surface area contributed by atoms with Crippen LogP contribution < -0.4 is 5.69 Å². The van der Waals surface area contributed by atoms with Crippen LogP contribution in [0, 0.1) is 11.8 Å². The van der Waals surface area contributed by atoms with Crippen molar-refractivity contribution in [1.82, 2.24) is 9.55 Å². The Morgan fingerprint density at radius 2 is 2.14 bits per heavy atom. The summed E-state index contributed by atoms with van der Waals surface area (Å²) < 4.78 is 1.79. The first-order valence-electron chi connectivity index (χ1n) is 5.49.